The van der Waals surface area contributed by atoms with Crippen molar-refractivity contribution in [3.63, 3.8) is 0 Å². The highest BCUT2D eigenvalue weighted by Crippen LogP contribution is 2.22. The highest BCUT2D eigenvalue weighted by Gasteiger charge is 2.15. The minimum Gasteiger partial charge on any atom is -0.316 e. The summed E-state index contributed by atoms with van der Waals surface area (Å²) in [5.74, 6) is 0. The Balaban J connectivity index is 0.00000289. The van der Waals surface area contributed by atoms with E-state index in [4.69, 9.17) is 23.2 Å². The minimum absolute atomic E-state index is 0. The van der Waals surface area contributed by atoms with Gasteiger partial charge in [0, 0.05) is 22.6 Å². The van der Waals surface area contributed by atoms with E-state index < -0.39 is 10.0 Å². The van der Waals surface area contributed by atoms with Gasteiger partial charge in [0.05, 0.1) is 4.90 Å². The van der Waals surface area contributed by atoms with E-state index in [-0.39, 0.29) is 23.3 Å². The molecule has 0 saturated carbocycles. The van der Waals surface area contributed by atoms with Gasteiger partial charge in [0.15, 0.2) is 0 Å². The first kappa shape index (κ1) is 18.0. The van der Waals surface area contributed by atoms with E-state index in [0.29, 0.717) is 16.6 Å². The van der Waals surface area contributed by atoms with Gasteiger partial charge in [-0.25, -0.2) is 13.1 Å². The molecular weight excluding hydrogens is 319 g/mol. The summed E-state index contributed by atoms with van der Waals surface area (Å²) in [6.45, 7) is 2.16. The molecule has 0 bridgehead atoms. The Labute approximate surface area is 124 Å². The number of likely N-dealkylation sites (N-methyl/N-ethyl adjacent to an activating group) is 1. The lowest BCUT2D eigenvalue weighted by Gasteiger charge is -2.12. The van der Waals surface area contributed by atoms with Crippen LogP contribution in [0.25, 0.3) is 0 Å². The van der Waals surface area contributed by atoms with Crippen LogP contribution in [-0.2, 0) is 10.0 Å². The van der Waals surface area contributed by atoms with Crippen molar-refractivity contribution >= 4 is 45.6 Å². The first-order valence-electron chi connectivity index (χ1n) is 4.98. The Morgan fingerprint density at radius 2 is 1.72 bits per heavy atom. The van der Waals surface area contributed by atoms with Crippen LogP contribution in [0, 0.1) is 0 Å². The molecule has 1 aromatic carbocycles. The lowest BCUT2D eigenvalue weighted by Crippen LogP contribution is -2.37. The van der Waals surface area contributed by atoms with Crippen LogP contribution in [-0.4, -0.2) is 28.1 Å². The molecule has 1 unspecified atom stereocenters. The van der Waals surface area contributed by atoms with Crippen LogP contribution in [0.3, 0.4) is 0 Å². The summed E-state index contributed by atoms with van der Waals surface area (Å²) in [6, 6.07) is 4.25. The number of hydrogen-bond acceptors (Lipinski definition) is 3. The van der Waals surface area contributed by atoms with Crippen LogP contribution < -0.4 is 10.0 Å². The Bertz CT molecular complexity index is 474. The molecule has 0 saturated heterocycles. The second-order valence-electron chi connectivity index (χ2n) is 3.65. The maximum atomic E-state index is 11.9. The molecule has 0 heterocycles. The molecule has 2 N–H and O–H groups in total. The van der Waals surface area contributed by atoms with E-state index in [0.717, 1.165) is 0 Å². The van der Waals surface area contributed by atoms with Gasteiger partial charge in [-0.2, -0.15) is 0 Å². The van der Waals surface area contributed by atoms with Gasteiger partial charge < -0.3 is 5.32 Å². The van der Waals surface area contributed by atoms with Gasteiger partial charge in [-0.05, 0) is 32.2 Å². The third kappa shape index (κ3) is 5.30. The Kier molecular flexibility index (Phi) is 7.51. The predicted molar refractivity (Wildman–Crippen MR) is 77.4 cm³/mol. The molecular formula is C10H15Cl3N2O2S. The summed E-state index contributed by atoms with van der Waals surface area (Å²) in [4.78, 5) is 0.0679. The molecule has 0 aromatic heterocycles. The maximum Gasteiger partial charge on any atom is 0.240 e. The number of nitrogens with one attached hydrogen (secondary N) is 2. The largest absolute Gasteiger partial charge is 0.316 e. The zero-order valence-electron chi connectivity index (χ0n) is 9.91. The molecule has 18 heavy (non-hydrogen) atoms. The Morgan fingerprint density at radius 3 is 2.17 bits per heavy atom. The monoisotopic (exact) mass is 332 g/mol. The number of rotatable bonds is 5. The third-order valence-electron chi connectivity index (χ3n) is 2.22. The van der Waals surface area contributed by atoms with Crippen molar-refractivity contribution in [3.8, 4) is 0 Å². The van der Waals surface area contributed by atoms with Crippen LogP contribution in [0.15, 0.2) is 23.1 Å². The van der Waals surface area contributed by atoms with Crippen LogP contribution >= 0.6 is 35.6 Å². The first-order valence-corrected chi connectivity index (χ1v) is 7.22. The number of benzene rings is 1. The average molecular weight is 334 g/mol. The highest BCUT2D eigenvalue weighted by atomic mass is 35.5. The van der Waals surface area contributed by atoms with Crippen LogP contribution in [0.2, 0.25) is 10.0 Å². The minimum atomic E-state index is -3.57. The molecule has 8 heteroatoms. The second kappa shape index (κ2) is 7.53. The molecule has 1 aromatic rings. The lowest BCUT2D eigenvalue weighted by molar-refractivity contribution is 0.554. The average Bonchev–Trinajstić information content (AvgIpc) is 2.24. The smallest absolute Gasteiger partial charge is 0.240 e. The van der Waals surface area contributed by atoms with Gasteiger partial charge in [0.25, 0.3) is 0 Å². The SMILES string of the molecule is CNC(C)CNS(=O)(=O)c1cc(Cl)cc(Cl)c1.Cl. The van der Waals surface area contributed by atoms with E-state index in [1.54, 1.807) is 7.05 Å². The Hall–Kier alpha value is -0.0400. The fraction of sp³-hybridized carbons (Fsp3) is 0.400. The van der Waals surface area contributed by atoms with Crippen LogP contribution in [0.5, 0.6) is 0 Å². The molecule has 0 radical (unpaired) electrons. The van der Waals surface area contributed by atoms with Gasteiger partial charge in [0.1, 0.15) is 0 Å². The summed E-state index contributed by atoms with van der Waals surface area (Å²) >= 11 is 11.5. The van der Waals surface area contributed by atoms with Gasteiger partial charge in [-0.1, -0.05) is 23.2 Å². The second-order valence-corrected chi connectivity index (χ2v) is 6.29. The van der Waals surface area contributed by atoms with Gasteiger partial charge in [0.2, 0.25) is 10.0 Å². The van der Waals surface area contributed by atoms with Crippen molar-refractivity contribution in [2.75, 3.05) is 13.6 Å². The third-order valence-corrected chi connectivity index (χ3v) is 4.06. The van der Waals surface area contributed by atoms with E-state index in [2.05, 4.69) is 10.0 Å². The molecule has 1 atom stereocenters. The summed E-state index contributed by atoms with van der Waals surface area (Å²) in [5.41, 5.74) is 0. The van der Waals surface area contributed by atoms with E-state index >= 15 is 0 Å². The highest BCUT2D eigenvalue weighted by molar-refractivity contribution is 7.89. The summed E-state index contributed by atoms with van der Waals surface area (Å²) < 4.78 is 26.3. The van der Waals surface area contributed by atoms with Crippen molar-refractivity contribution < 1.29 is 8.42 Å². The molecule has 0 aliphatic heterocycles. The van der Waals surface area contributed by atoms with E-state index in [9.17, 15) is 8.42 Å². The van der Waals surface area contributed by atoms with Crippen molar-refractivity contribution in [2.24, 2.45) is 0 Å². The fourth-order valence-corrected chi connectivity index (χ4v) is 2.96. The zero-order chi connectivity index (χ0) is 13.1. The zero-order valence-corrected chi connectivity index (χ0v) is 13.1. The van der Waals surface area contributed by atoms with Crippen LogP contribution in [0.4, 0.5) is 0 Å². The molecule has 4 nitrogen and oxygen atoms in total. The molecule has 0 aliphatic carbocycles. The Morgan fingerprint density at radius 1 is 1.22 bits per heavy atom. The quantitative estimate of drug-likeness (QED) is 0.869. The normalized spacial score (nSPS) is 12.9. The van der Waals surface area contributed by atoms with Gasteiger partial charge in [-0.3, -0.25) is 0 Å². The number of halogens is 3. The van der Waals surface area contributed by atoms with Crippen molar-refractivity contribution in [1.29, 1.82) is 0 Å². The molecule has 104 valence electrons. The lowest BCUT2D eigenvalue weighted by atomic mass is 10.4. The maximum absolute atomic E-state index is 11.9. The van der Waals surface area contributed by atoms with Crippen molar-refractivity contribution in [3.05, 3.63) is 28.2 Å². The van der Waals surface area contributed by atoms with Crippen LogP contribution in [0.1, 0.15) is 6.92 Å². The van der Waals surface area contributed by atoms with Crippen molar-refractivity contribution in [1.82, 2.24) is 10.0 Å². The molecule has 0 aliphatic rings. The molecule has 0 spiro atoms. The summed E-state index contributed by atoms with van der Waals surface area (Å²) in [5, 5.41) is 3.52. The van der Waals surface area contributed by atoms with E-state index in [1.807, 2.05) is 6.92 Å². The standard InChI is InChI=1S/C10H14Cl2N2O2S.ClH/c1-7(13-2)6-14-17(15,16)10-4-8(11)3-9(12)5-10;/h3-5,7,13-14H,6H2,1-2H3;1H. The molecule has 1 rings (SSSR count). The van der Waals surface area contributed by atoms with Gasteiger partial charge >= 0.3 is 0 Å². The topological polar surface area (TPSA) is 58.2 Å². The molecule has 0 fully saturated rings. The summed E-state index contributed by atoms with van der Waals surface area (Å²) in [7, 11) is -1.81. The predicted octanol–water partition coefficient (Wildman–Crippen LogP) is 2.30. The first-order chi connectivity index (χ1) is 7.85. The summed E-state index contributed by atoms with van der Waals surface area (Å²) in [6.07, 6.45) is 0. The number of hydrogen-bond donors (Lipinski definition) is 2. The molecule has 0 amide bonds. The van der Waals surface area contributed by atoms with Crippen molar-refractivity contribution in [2.45, 2.75) is 17.9 Å². The fourth-order valence-electron chi connectivity index (χ4n) is 1.10. The number of sulfonamides is 1. The van der Waals surface area contributed by atoms with E-state index in [1.165, 1.54) is 18.2 Å². The van der Waals surface area contributed by atoms with Gasteiger partial charge in [-0.15, -0.1) is 12.4 Å².